The zero-order valence-electron chi connectivity index (χ0n) is 17.8. The summed E-state index contributed by atoms with van der Waals surface area (Å²) < 4.78 is 20.0. The van der Waals surface area contributed by atoms with Crippen LogP contribution in [0.25, 0.3) is 0 Å². The molecule has 0 radical (unpaired) electrons. The van der Waals surface area contributed by atoms with Crippen LogP contribution in [0, 0.1) is 11.7 Å². The van der Waals surface area contributed by atoms with E-state index in [1.54, 1.807) is 18.2 Å². The second kappa shape index (κ2) is 10.6. The van der Waals surface area contributed by atoms with Crippen LogP contribution in [0.3, 0.4) is 0 Å². The van der Waals surface area contributed by atoms with E-state index in [-0.39, 0.29) is 5.56 Å². The number of aryl methyl sites for hydroxylation is 1. The zero-order valence-corrected chi connectivity index (χ0v) is 17.8. The summed E-state index contributed by atoms with van der Waals surface area (Å²) in [5, 5.41) is 0. The first-order valence-corrected chi connectivity index (χ1v) is 11.2. The fraction of sp³-hybridized carbons (Fsp3) is 0.500. The van der Waals surface area contributed by atoms with Crippen LogP contribution in [-0.4, -0.2) is 5.97 Å². The summed E-state index contributed by atoms with van der Waals surface area (Å²) in [4.78, 5) is 12.4. The van der Waals surface area contributed by atoms with E-state index in [0.717, 1.165) is 37.2 Å². The van der Waals surface area contributed by atoms with Crippen molar-refractivity contribution in [3.05, 3.63) is 65.0 Å². The number of hydrogen-bond donors (Lipinski definition) is 0. The van der Waals surface area contributed by atoms with Crippen molar-refractivity contribution in [2.75, 3.05) is 0 Å². The number of carbonyl (C=O) groups excluding carboxylic acids is 1. The number of rotatable bonds is 8. The number of hydrogen-bond acceptors (Lipinski definition) is 2. The molecule has 0 amide bonds. The molecule has 3 rings (SSSR count). The van der Waals surface area contributed by atoms with Crippen LogP contribution in [0.1, 0.15) is 92.6 Å². The van der Waals surface area contributed by atoms with Gasteiger partial charge in [-0.05, 0) is 85.8 Å². The van der Waals surface area contributed by atoms with Gasteiger partial charge in [-0.15, -0.1) is 0 Å². The van der Waals surface area contributed by atoms with Crippen molar-refractivity contribution in [1.82, 2.24) is 0 Å². The highest BCUT2D eigenvalue weighted by Crippen LogP contribution is 2.37. The largest absolute Gasteiger partial charge is 0.423 e. The van der Waals surface area contributed by atoms with E-state index in [0.29, 0.717) is 11.7 Å². The highest BCUT2D eigenvalue weighted by Gasteiger charge is 2.23. The quantitative estimate of drug-likeness (QED) is 0.263. The van der Waals surface area contributed by atoms with Gasteiger partial charge in [-0.1, -0.05) is 51.3 Å². The van der Waals surface area contributed by atoms with Gasteiger partial charge in [0.1, 0.15) is 11.6 Å². The molecule has 0 atom stereocenters. The van der Waals surface area contributed by atoms with Crippen LogP contribution in [0.15, 0.2) is 42.5 Å². The van der Waals surface area contributed by atoms with Gasteiger partial charge in [0.15, 0.2) is 0 Å². The monoisotopic (exact) mass is 396 g/mol. The van der Waals surface area contributed by atoms with Crippen molar-refractivity contribution in [3.8, 4) is 5.75 Å². The van der Waals surface area contributed by atoms with E-state index in [9.17, 15) is 9.18 Å². The molecule has 0 aliphatic heterocycles. The lowest BCUT2D eigenvalue weighted by atomic mass is 9.78. The van der Waals surface area contributed by atoms with E-state index in [1.807, 2.05) is 18.2 Å². The maximum atomic E-state index is 14.6. The first-order valence-electron chi connectivity index (χ1n) is 11.2. The average molecular weight is 397 g/mol. The summed E-state index contributed by atoms with van der Waals surface area (Å²) in [6, 6.07) is 12.5. The predicted octanol–water partition coefficient (Wildman–Crippen LogP) is 7.46. The van der Waals surface area contributed by atoms with Crippen LogP contribution < -0.4 is 4.74 Å². The fourth-order valence-electron chi connectivity index (χ4n) is 4.32. The molecule has 0 aromatic heterocycles. The molecule has 0 bridgehead atoms. The van der Waals surface area contributed by atoms with Gasteiger partial charge in [-0.25, -0.2) is 9.18 Å². The maximum Gasteiger partial charge on any atom is 0.346 e. The lowest BCUT2D eigenvalue weighted by molar-refractivity contribution is 0.0730. The summed E-state index contributed by atoms with van der Waals surface area (Å²) in [7, 11) is 0. The molecule has 0 unspecified atom stereocenters. The van der Waals surface area contributed by atoms with E-state index in [1.165, 1.54) is 43.7 Å². The van der Waals surface area contributed by atoms with E-state index >= 15 is 0 Å². The third-order valence-electron chi connectivity index (χ3n) is 6.31. The Bertz CT molecular complexity index is 789. The average Bonchev–Trinajstić information content (AvgIpc) is 2.75. The second-order valence-corrected chi connectivity index (χ2v) is 8.36. The first kappa shape index (κ1) is 21.5. The molecule has 2 aromatic rings. The highest BCUT2D eigenvalue weighted by atomic mass is 19.1. The van der Waals surface area contributed by atoms with Gasteiger partial charge < -0.3 is 4.74 Å². The van der Waals surface area contributed by atoms with Gasteiger partial charge >= 0.3 is 5.97 Å². The van der Waals surface area contributed by atoms with Gasteiger partial charge in [-0.3, -0.25) is 0 Å². The van der Waals surface area contributed by atoms with Crippen molar-refractivity contribution in [2.24, 2.45) is 5.92 Å². The van der Waals surface area contributed by atoms with Crippen LogP contribution in [0.4, 0.5) is 4.39 Å². The molecule has 0 heterocycles. The Morgan fingerprint density at radius 1 is 1.00 bits per heavy atom. The molecule has 1 aliphatic rings. The smallest absolute Gasteiger partial charge is 0.346 e. The Hall–Kier alpha value is -2.16. The van der Waals surface area contributed by atoms with Gasteiger partial charge in [0.25, 0.3) is 0 Å². The molecule has 1 saturated carbocycles. The molecule has 0 N–H and O–H groups in total. The summed E-state index contributed by atoms with van der Waals surface area (Å²) in [6.07, 6.45) is 10.4. The molecule has 0 saturated heterocycles. The van der Waals surface area contributed by atoms with Crippen molar-refractivity contribution in [2.45, 2.75) is 77.6 Å². The maximum absolute atomic E-state index is 14.6. The number of esters is 1. The van der Waals surface area contributed by atoms with Gasteiger partial charge in [0.2, 0.25) is 0 Å². The Morgan fingerprint density at radius 2 is 1.72 bits per heavy atom. The van der Waals surface area contributed by atoms with Crippen LogP contribution >= 0.6 is 0 Å². The van der Waals surface area contributed by atoms with Gasteiger partial charge in [0.05, 0.1) is 5.56 Å². The Labute approximate surface area is 174 Å². The molecule has 0 spiro atoms. The molecule has 29 heavy (non-hydrogen) atoms. The molecule has 1 fully saturated rings. The summed E-state index contributed by atoms with van der Waals surface area (Å²) >= 11 is 0. The minimum Gasteiger partial charge on any atom is -0.423 e. The standard InChI is InChI=1S/C26H33FO2/c1-3-5-6-7-20-10-15-23(16-11-20)29-26(28)24-17-14-22(18-25(24)27)21-12-8-19(4-2)9-13-21/h10-11,14-19,21H,3-9,12-13H2,1-2H3/t19-,21-. The van der Waals surface area contributed by atoms with Crippen molar-refractivity contribution < 1.29 is 13.9 Å². The van der Waals surface area contributed by atoms with Crippen LogP contribution in [0.2, 0.25) is 0 Å². The summed E-state index contributed by atoms with van der Waals surface area (Å²) in [6.45, 7) is 4.43. The lowest BCUT2D eigenvalue weighted by Crippen LogP contribution is -2.14. The molecule has 3 heteroatoms. The highest BCUT2D eigenvalue weighted by molar-refractivity contribution is 5.91. The Balaban J connectivity index is 1.59. The Kier molecular flexibility index (Phi) is 7.85. The molecule has 2 nitrogen and oxygen atoms in total. The minimum atomic E-state index is -0.637. The lowest BCUT2D eigenvalue weighted by Gasteiger charge is -2.28. The van der Waals surface area contributed by atoms with Crippen molar-refractivity contribution in [3.63, 3.8) is 0 Å². The Morgan fingerprint density at radius 3 is 2.34 bits per heavy atom. The number of benzene rings is 2. The van der Waals surface area contributed by atoms with Gasteiger partial charge in [-0.2, -0.15) is 0 Å². The molecule has 2 aromatic carbocycles. The van der Waals surface area contributed by atoms with E-state index < -0.39 is 11.8 Å². The topological polar surface area (TPSA) is 26.3 Å². The number of carbonyl (C=O) groups is 1. The fourth-order valence-corrected chi connectivity index (χ4v) is 4.32. The molecule has 156 valence electrons. The normalized spacial score (nSPS) is 19.1. The third kappa shape index (κ3) is 5.91. The van der Waals surface area contributed by atoms with E-state index in [2.05, 4.69) is 13.8 Å². The molecular formula is C26H33FO2. The molecule has 1 aliphatic carbocycles. The molecular weight excluding hydrogens is 363 g/mol. The zero-order chi connectivity index (χ0) is 20.6. The number of ether oxygens (including phenoxy) is 1. The minimum absolute atomic E-state index is 0.00279. The van der Waals surface area contributed by atoms with Crippen LogP contribution in [-0.2, 0) is 6.42 Å². The summed E-state index contributed by atoms with van der Waals surface area (Å²) in [5.74, 6) is 0.542. The SMILES string of the molecule is CCCCCc1ccc(OC(=O)c2ccc([C@H]3CC[C@H](CC)CC3)cc2F)cc1. The number of unbranched alkanes of at least 4 members (excludes halogenated alkanes) is 2. The summed E-state index contributed by atoms with van der Waals surface area (Å²) in [5.41, 5.74) is 2.24. The second-order valence-electron chi connectivity index (χ2n) is 8.36. The van der Waals surface area contributed by atoms with Crippen molar-refractivity contribution >= 4 is 5.97 Å². The number of halogens is 1. The third-order valence-corrected chi connectivity index (χ3v) is 6.31. The predicted molar refractivity (Wildman–Crippen MR) is 116 cm³/mol. The van der Waals surface area contributed by atoms with Crippen molar-refractivity contribution in [1.29, 1.82) is 0 Å². The first-order chi connectivity index (χ1) is 14.1. The van der Waals surface area contributed by atoms with Crippen LogP contribution in [0.5, 0.6) is 5.75 Å². The van der Waals surface area contributed by atoms with E-state index in [4.69, 9.17) is 4.74 Å². The van der Waals surface area contributed by atoms with Gasteiger partial charge in [0, 0.05) is 0 Å².